The van der Waals surface area contributed by atoms with Gasteiger partial charge in [0.1, 0.15) is 12.4 Å². The molecule has 27 heavy (non-hydrogen) atoms. The molecule has 1 aliphatic rings. The van der Waals surface area contributed by atoms with Crippen LogP contribution in [0, 0.1) is 6.92 Å². The lowest BCUT2D eigenvalue weighted by Gasteiger charge is -2.15. The average molecular weight is 381 g/mol. The quantitative estimate of drug-likeness (QED) is 0.642. The zero-order chi connectivity index (χ0) is 18.5. The highest BCUT2D eigenvalue weighted by Crippen LogP contribution is 2.27. The number of hydrogen-bond acceptors (Lipinski definition) is 6. The van der Waals surface area contributed by atoms with Crippen LogP contribution in [0.25, 0.3) is 10.6 Å². The molecular weight excluding hydrogens is 356 g/mol. The van der Waals surface area contributed by atoms with Gasteiger partial charge in [0.25, 0.3) is 0 Å². The Hall–Kier alpha value is -2.44. The van der Waals surface area contributed by atoms with Gasteiger partial charge in [-0.2, -0.15) is 0 Å². The Labute approximate surface area is 164 Å². The summed E-state index contributed by atoms with van der Waals surface area (Å²) in [6.07, 6.45) is 4.49. The van der Waals surface area contributed by atoms with E-state index in [9.17, 15) is 0 Å². The molecule has 1 aliphatic heterocycles. The lowest BCUT2D eigenvalue weighted by atomic mass is 10.2. The molecule has 1 N–H and O–H groups in total. The highest BCUT2D eigenvalue weighted by molar-refractivity contribution is 7.13. The summed E-state index contributed by atoms with van der Waals surface area (Å²) < 4.78 is 5.86. The first-order chi connectivity index (χ1) is 13.3. The van der Waals surface area contributed by atoms with Crippen molar-refractivity contribution in [2.75, 3.05) is 31.6 Å². The van der Waals surface area contributed by atoms with Crippen molar-refractivity contribution in [3.63, 3.8) is 0 Å². The van der Waals surface area contributed by atoms with Gasteiger partial charge in [-0.1, -0.05) is 6.07 Å². The number of ether oxygens (including phenoxy) is 1. The van der Waals surface area contributed by atoms with Gasteiger partial charge in [-0.15, -0.1) is 11.3 Å². The summed E-state index contributed by atoms with van der Waals surface area (Å²) in [5.41, 5.74) is 3.00. The molecule has 0 unspecified atom stereocenters. The Morgan fingerprint density at radius 2 is 1.96 bits per heavy atom. The van der Waals surface area contributed by atoms with Crippen LogP contribution in [0.15, 0.2) is 48.0 Å². The maximum Gasteiger partial charge on any atom is 0.227 e. The van der Waals surface area contributed by atoms with Crippen molar-refractivity contribution in [2.24, 2.45) is 0 Å². The molecule has 0 atom stereocenters. The van der Waals surface area contributed by atoms with Crippen LogP contribution in [-0.2, 0) is 0 Å². The molecule has 140 valence electrons. The number of thiophene rings is 1. The van der Waals surface area contributed by atoms with Gasteiger partial charge in [-0.25, -0.2) is 9.97 Å². The third kappa shape index (κ3) is 4.64. The van der Waals surface area contributed by atoms with Gasteiger partial charge in [-0.05, 0) is 74.1 Å². The highest BCUT2D eigenvalue weighted by Gasteiger charge is 2.11. The van der Waals surface area contributed by atoms with Crippen LogP contribution in [0.4, 0.5) is 11.6 Å². The van der Waals surface area contributed by atoms with Gasteiger partial charge in [0, 0.05) is 18.4 Å². The zero-order valence-corrected chi connectivity index (χ0v) is 16.3. The van der Waals surface area contributed by atoms with Crippen molar-refractivity contribution in [1.29, 1.82) is 0 Å². The molecular formula is C21H24N4OS. The Kier molecular flexibility index (Phi) is 5.65. The molecule has 0 bridgehead atoms. The summed E-state index contributed by atoms with van der Waals surface area (Å²) in [5.74, 6) is 1.50. The van der Waals surface area contributed by atoms with Crippen LogP contribution in [0.1, 0.15) is 18.4 Å². The second-order valence-electron chi connectivity index (χ2n) is 6.75. The molecule has 1 aromatic carbocycles. The number of benzene rings is 1. The number of aryl methyl sites for hydroxylation is 1. The minimum Gasteiger partial charge on any atom is -0.492 e. The van der Waals surface area contributed by atoms with Gasteiger partial charge in [-0.3, -0.25) is 4.90 Å². The molecule has 0 spiro atoms. The molecule has 1 fully saturated rings. The second kappa shape index (κ2) is 8.50. The number of nitrogens with one attached hydrogen (secondary N) is 1. The summed E-state index contributed by atoms with van der Waals surface area (Å²) >= 11 is 1.69. The lowest BCUT2D eigenvalue weighted by Crippen LogP contribution is -2.25. The number of likely N-dealkylation sites (tertiary alicyclic amines) is 1. The fourth-order valence-electron chi connectivity index (χ4n) is 3.23. The van der Waals surface area contributed by atoms with Gasteiger partial charge in [0.2, 0.25) is 5.95 Å². The topological polar surface area (TPSA) is 50.3 Å². The maximum absolute atomic E-state index is 5.86. The van der Waals surface area contributed by atoms with E-state index in [1.165, 1.54) is 25.9 Å². The smallest absolute Gasteiger partial charge is 0.227 e. The van der Waals surface area contributed by atoms with E-state index >= 15 is 0 Å². The third-order valence-electron chi connectivity index (χ3n) is 4.71. The first-order valence-corrected chi connectivity index (χ1v) is 10.3. The summed E-state index contributed by atoms with van der Waals surface area (Å²) in [4.78, 5) is 12.7. The van der Waals surface area contributed by atoms with Crippen molar-refractivity contribution in [3.05, 3.63) is 53.5 Å². The number of anilines is 2. The van der Waals surface area contributed by atoms with E-state index in [1.807, 2.05) is 43.5 Å². The molecule has 0 saturated carbocycles. The van der Waals surface area contributed by atoms with Gasteiger partial charge < -0.3 is 10.1 Å². The van der Waals surface area contributed by atoms with E-state index in [4.69, 9.17) is 4.74 Å². The molecule has 3 heterocycles. The number of nitrogens with zero attached hydrogens (tertiary/aromatic N) is 3. The maximum atomic E-state index is 5.86. The molecule has 6 heteroatoms. The summed E-state index contributed by atoms with van der Waals surface area (Å²) in [7, 11) is 0. The summed E-state index contributed by atoms with van der Waals surface area (Å²) in [6, 6.07) is 12.1. The van der Waals surface area contributed by atoms with Crippen molar-refractivity contribution < 1.29 is 4.74 Å². The van der Waals surface area contributed by atoms with E-state index < -0.39 is 0 Å². The first-order valence-electron chi connectivity index (χ1n) is 9.38. The fourth-order valence-corrected chi connectivity index (χ4v) is 4.01. The first kappa shape index (κ1) is 17.9. The lowest BCUT2D eigenvalue weighted by molar-refractivity contribution is 0.238. The van der Waals surface area contributed by atoms with Gasteiger partial charge in [0.05, 0.1) is 10.6 Å². The number of hydrogen-bond donors (Lipinski definition) is 1. The zero-order valence-electron chi connectivity index (χ0n) is 15.5. The van der Waals surface area contributed by atoms with Gasteiger partial charge >= 0.3 is 0 Å². The normalized spacial score (nSPS) is 14.4. The van der Waals surface area contributed by atoms with Crippen molar-refractivity contribution in [2.45, 2.75) is 19.8 Å². The third-order valence-corrected chi connectivity index (χ3v) is 5.59. The summed E-state index contributed by atoms with van der Waals surface area (Å²) in [6.45, 7) is 6.18. The monoisotopic (exact) mass is 380 g/mol. The van der Waals surface area contributed by atoms with Gasteiger partial charge in [0.15, 0.2) is 0 Å². The second-order valence-corrected chi connectivity index (χ2v) is 7.70. The van der Waals surface area contributed by atoms with Crippen LogP contribution in [-0.4, -0.2) is 41.1 Å². The van der Waals surface area contributed by atoms with Crippen LogP contribution in [0.5, 0.6) is 5.75 Å². The molecule has 0 aliphatic carbocycles. The van der Waals surface area contributed by atoms with E-state index in [0.717, 1.165) is 40.7 Å². The predicted octanol–water partition coefficient (Wildman–Crippen LogP) is 4.73. The molecule has 5 nitrogen and oxygen atoms in total. The van der Waals surface area contributed by atoms with E-state index in [-0.39, 0.29) is 0 Å². The van der Waals surface area contributed by atoms with E-state index in [0.29, 0.717) is 5.95 Å². The van der Waals surface area contributed by atoms with Crippen LogP contribution in [0.2, 0.25) is 0 Å². The molecule has 2 aromatic heterocycles. The predicted molar refractivity (Wildman–Crippen MR) is 111 cm³/mol. The summed E-state index contributed by atoms with van der Waals surface area (Å²) in [5, 5.41) is 5.34. The van der Waals surface area contributed by atoms with Crippen LogP contribution >= 0.6 is 11.3 Å². The Bertz CT molecular complexity index is 858. The average Bonchev–Trinajstić information content (AvgIpc) is 3.39. The molecule has 1 saturated heterocycles. The highest BCUT2D eigenvalue weighted by atomic mass is 32.1. The van der Waals surface area contributed by atoms with Crippen molar-refractivity contribution in [3.8, 4) is 16.3 Å². The minimum atomic E-state index is 0.603. The molecule has 0 radical (unpaired) electrons. The molecule has 0 amide bonds. The standard InChI is InChI=1S/C21H24N4OS/c1-16-15-22-21(24-20(16)19-5-4-14-27-19)23-17-6-8-18(9-7-17)26-13-12-25-10-2-3-11-25/h4-9,14-15H,2-3,10-13H2,1H3,(H,22,23,24). The Balaban J connectivity index is 1.36. The van der Waals surface area contributed by atoms with E-state index in [1.54, 1.807) is 11.3 Å². The van der Waals surface area contributed by atoms with Crippen molar-refractivity contribution in [1.82, 2.24) is 14.9 Å². The van der Waals surface area contributed by atoms with Crippen LogP contribution < -0.4 is 10.1 Å². The Morgan fingerprint density at radius 3 is 2.70 bits per heavy atom. The SMILES string of the molecule is Cc1cnc(Nc2ccc(OCCN3CCCC3)cc2)nc1-c1cccs1. The van der Waals surface area contributed by atoms with Crippen molar-refractivity contribution >= 4 is 23.0 Å². The minimum absolute atomic E-state index is 0.603. The van der Waals surface area contributed by atoms with E-state index in [2.05, 4.69) is 31.6 Å². The Morgan fingerprint density at radius 1 is 1.15 bits per heavy atom. The number of aromatic nitrogens is 2. The van der Waals surface area contributed by atoms with Crippen LogP contribution in [0.3, 0.4) is 0 Å². The largest absolute Gasteiger partial charge is 0.492 e. The number of rotatable bonds is 7. The fraction of sp³-hybridized carbons (Fsp3) is 0.333. The molecule has 4 rings (SSSR count). The molecule has 3 aromatic rings.